The van der Waals surface area contributed by atoms with Gasteiger partial charge in [0.1, 0.15) is 0 Å². The standard InChI is InChI=1S/C60H43N3/c1-4-18-39(19-5-1)42-23-16-25-44(36-42)59-61-52(41-21-6-2-7-22-41)38-53(62-59)43-24-17-26-45(37-43)63-57-46-27-9-8-20-40(46)32-33-50(57)55-56-54(47-28-10-11-29-48(47)58(55)63)49-30-12-13-31-51(49)60(56)34-14-3-15-35-60/h1-2,4-13,16-33,36-38H,3,14-15,34-35H2. The Morgan fingerprint density at radius 1 is 0.413 bits per heavy atom. The van der Waals surface area contributed by atoms with Crippen LogP contribution in [0.5, 0.6) is 0 Å². The molecule has 2 aromatic heterocycles. The van der Waals surface area contributed by atoms with Crippen LogP contribution >= 0.6 is 0 Å². The number of aromatic nitrogens is 3. The minimum absolute atomic E-state index is 0.0257. The maximum Gasteiger partial charge on any atom is 0.160 e. The van der Waals surface area contributed by atoms with E-state index < -0.39 is 0 Å². The van der Waals surface area contributed by atoms with E-state index in [0.717, 1.165) is 39.3 Å². The maximum absolute atomic E-state index is 5.39. The van der Waals surface area contributed by atoms with Crippen molar-refractivity contribution in [1.29, 1.82) is 0 Å². The highest BCUT2D eigenvalue weighted by Crippen LogP contribution is 2.61. The number of benzene rings is 9. The molecule has 11 aromatic rings. The predicted molar refractivity (Wildman–Crippen MR) is 262 cm³/mol. The molecule has 1 fully saturated rings. The molecule has 0 saturated heterocycles. The van der Waals surface area contributed by atoms with E-state index in [2.05, 4.69) is 205 Å². The zero-order chi connectivity index (χ0) is 41.5. The summed E-state index contributed by atoms with van der Waals surface area (Å²) in [6, 6.07) is 73.1. The summed E-state index contributed by atoms with van der Waals surface area (Å²) in [5, 5.41) is 7.85. The molecule has 1 spiro atoms. The maximum atomic E-state index is 5.39. The molecule has 0 atom stereocenters. The summed E-state index contributed by atoms with van der Waals surface area (Å²) >= 11 is 0. The lowest BCUT2D eigenvalue weighted by Gasteiger charge is -2.36. The summed E-state index contributed by atoms with van der Waals surface area (Å²) in [5.74, 6) is 0.705. The van der Waals surface area contributed by atoms with Crippen molar-refractivity contribution in [2.24, 2.45) is 0 Å². The van der Waals surface area contributed by atoms with Crippen LogP contribution < -0.4 is 0 Å². The van der Waals surface area contributed by atoms with Crippen molar-refractivity contribution in [3.8, 4) is 61.8 Å². The van der Waals surface area contributed by atoms with Crippen LogP contribution in [0.3, 0.4) is 0 Å². The number of nitrogens with zero attached hydrogens (tertiary/aromatic N) is 3. The monoisotopic (exact) mass is 805 g/mol. The lowest BCUT2D eigenvalue weighted by molar-refractivity contribution is 0.355. The lowest BCUT2D eigenvalue weighted by Crippen LogP contribution is -2.28. The van der Waals surface area contributed by atoms with Gasteiger partial charge < -0.3 is 4.57 Å². The van der Waals surface area contributed by atoms with Gasteiger partial charge in [-0.25, -0.2) is 9.97 Å². The average Bonchev–Trinajstić information content (AvgIpc) is 3.85. The van der Waals surface area contributed by atoms with Crippen molar-refractivity contribution in [2.75, 3.05) is 0 Å². The fraction of sp³-hybridized carbons (Fsp3) is 0.100. The van der Waals surface area contributed by atoms with Crippen molar-refractivity contribution < 1.29 is 0 Å². The van der Waals surface area contributed by atoms with Gasteiger partial charge in [0.15, 0.2) is 5.82 Å². The predicted octanol–water partition coefficient (Wildman–Crippen LogP) is 15.8. The third kappa shape index (κ3) is 5.52. The van der Waals surface area contributed by atoms with Gasteiger partial charge in [0, 0.05) is 49.3 Å². The zero-order valence-corrected chi connectivity index (χ0v) is 34.9. The van der Waals surface area contributed by atoms with E-state index in [4.69, 9.17) is 9.97 Å². The van der Waals surface area contributed by atoms with Crippen LogP contribution in [0.15, 0.2) is 200 Å². The molecular formula is C60H43N3. The third-order valence-corrected chi connectivity index (χ3v) is 14.1. The quantitative estimate of drug-likeness (QED) is 0.173. The summed E-state index contributed by atoms with van der Waals surface area (Å²) in [5.41, 5.74) is 16.7. The van der Waals surface area contributed by atoms with E-state index in [1.165, 1.54) is 103 Å². The van der Waals surface area contributed by atoms with E-state index in [1.54, 1.807) is 0 Å². The molecule has 0 bridgehead atoms. The van der Waals surface area contributed by atoms with Gasteiger partial charge in [-0.15, -0.1) is 0 Å². The molecule has 3 nitrogen and oxygen atoms in total. The second kappa shape index (κ2) is 14.2. The molecule has 2 heterocycles. The molecule has 298 valence electrons. The van der Waals surface area contributed by atoms with Gasteiger partial charge in [0.25, 0.3) is 0 Å². The highest BCUT2D eigenvalue weighted by atomic mass is 15.0. The van der Waals surface area contributed by atoms with Gasteiger partial charge in [-0.2, -0.15) is 0 Å². The van der Waals surface area contributed by atoms with Crippen LogP contribution in [-0.2, 0) is 5.41 Å². The number of hydrogen-bond acceptors (Lipinski definition) is 2. The smallest absolute Gasteiger partial charge is 0.160 e. The van der Waals surface area contributed by atoms with Crippen LogP contribution in [0.25, 0.3) is 105 Å². The van der Waals surface area contributed by atoms with E-state index in [1.807, 2.05) is 0 Å². The Morgan fingerprint density at radius 2 is 1.05 bits per heavy atom. The molecule has 13 rings (SSSR count). The Morgan fingerprint density at radius 3 is 1.87 bits per heavy atom. The van der Waals surface area contributed by atoms with Gasteiger partial charge in [-0.1, -0.05) is 195 Å². The molecule has 2 aliphatic rings. The molecular weight excluding hydrogens is 763 g/mol. The van der Waals surface area contributed by atoms with Gasteiger partial charge in [-0.3, -0.25) is 0 Å². The van der Waals surface area contributed by atoms with Crippen molar-refractivity contribution in [2.45, 2.75) is 37.5 Å². The summed E-state index contributed by atoms with van der Waals surface area (Å²) in [6.07, 6.45) is 6.13. The van der Waals surface area contributed by atoms with Crippen LogP contribution in [0.2, 0.25) is 0 Å². The van der Waals surface area contributed by atoms with Gasteiger partial charge >= 0.3 is 0 Å². The first-order chi connectivity index (χ1) is 31.2. The molecule has 0 N–H and O–H groups in total. The van der Waals surface area contributed by atoms with Crippen LogP contribution in [-0.4, -0.2) is 14.5 Å². The Hall–Kier alpha value is -7.62. The zero-order valence-electron chi connectivity index (χ0n) is 34.9. The molecule has 1 saturated carbocycles. The summed E-state index contributed by atoms with van der Waals surface area (Å²) in [6.45, 7) is 0. The Kier molecular flexibility index (Phi) is 8.14. The Labute approximate surface area is 367 Å². The van der Waals surface area contributed by atoms with Crippen molar-refractivity contribution >= 4 is 43.4 Å². The van der Waals surface area contributed by atoms with Gasteiger partial charge in [-0.05, 0) is 81.3 Å². The highest BCUT2D eigenvalue weighted by Gasteiger charge is 2.46. The lowest BCUT2D eigenvalue weighted by atomic mass is 9.66. The molecule has 0 radical (unpaired) electrons. The second-order valence-corrected chi connectivity index (χ2v) is 17.6. The molecule has 0 aliphatic heterocycles. The van der Waals surface area contributed by atoms with Crippen LogP contribution in [0, 0.1) is 0 Å². The summed E-state index contributed by atoms with van der Waals surface area (Å²) in [4.78, 5) is 10.6. The largest absolute Gasteiger partial charge is 0.308 e. The first-order valence-electron chi connectivity index (χ1n) is 22.5. The minimum Gasteiger partial charge on any atom is -0.308 e. The number of rotatable bonds is 5. The fourth-order valence-electron chi connectivity index (χ4n) is 11.4. The fourth-order valence-corrected chi connectivity index (χ4v) is 11.4. The summed E-state index contributed by atoms with van der Waals surface area (Å²) in [7, 11) is 0. The molecule has 0 amide bonds. The topological polar surface area (TPSA) is 30.7 Å². The molecule has 2 aliphatic carbocycles. The van der Waals surface area contributed by atoms with Crippen LogP contribution in [0.1, 0.15) is 43.2 Å². The first-order valence-corrected chi connectivity index (χ1v) is 22.5. The highest BCUT2D eigenvalue weighted by molar-refractivity contribution is 6.28. The van der Waals surface area contributed by atoms with E-state index in [0.29, 0.717) is 5.82 Å². The third-order valence-electron chi connectivity index (χ3n) is 14.1. The average molecular weight is 806 g/mol. The van der Waals surface area contributed by atoms with Gasteiger partial charge in [0.05, 0.1) is 22.4 Å². The van der Waals surface area contributed by atoms with Crippen molar-refractivity contribution in [3.05, 3.63) is 211 Å². The molecule has 0 unspecified atom stereocenters. The number of hydrogen-bond donors (Lipinski definition) is 0. The van der Waals surface area contributed by atoms with E-state index >= 15 is 0 Å². The van der Waals surface area contributed by atoms with E-state index in [9.17, 15) is 0 Å². The summed E-state index contributed by atoms with van der Waals surface area (Å²) < 4.78 is 2.60. The molecule has 63 heavy (non-hydrogen) atoms. The Bertz CT molecular complexity index is 3590. The first kappa shape index (κ1) is 36.1. The molecule has 3 heteroatoms. The second-order valence-electron chi connectivity index (χ2n) is 17.6. The Balaban J connectivity index is 1.10. The number of fused-ring (bicyclic) bond motifs is 14. The van der Waals surface area contributed by atoms with Crippen LogP contribution in [0.4, 0.5) is 0 Å². The molecule has 9 aromatic carbocycles. The SMILES string of the molecule is c1ccc(-c2cccc(-c3nc(-c4ccccc4)cc(-c4cccc(-n5c6c7ccccc7ccc6c6c7c(c8ccccc8c65)-c5ccccc5C75CCCCC5)c4)n3)c2)cc1. The minimum atomic E-state index is -0.0257. The van der Waals surface area contributed by atoms with Crippen molar-refractivity contribution in [3.63, 3.8) is 0 Å². The van der Waals surface area contributed by atoms with Crippen molar-refractivity contribution in [1.82, 2.24) is 14.5 Å². The van der Waals surface area contributed by atoms with Gasteiger partial charge in [0.2, 0.25) is 0 Å². The van der Waals surface area contributed by atoms with E-state index in [-0.39, 0.29) is 5.41 Å². The normalized spacial score (nSPS) is 14.2.